The molecule has 0 radical (unpaired) electrons. The molecule has 1 aromatic rings. The first-order valence-electron chi connectivity index (χ1n) is 10.8. The van der Waals surface area contributed by atoms with E-state index in [2.05, 4.69) is 10.6 Å². The van der Waals surface area contributed by atoms with Crippen molar-refractivity contribution in [2.75, 3.05) is 33.4 Å². The fourth-order valence-electron chi connectivity index (χ4n) is 2.88. The molecule has 1 aliphatic rings. The minimum absolute atomic E-state index is 0.0415. The number of ether oxygens (including phenoxy) is 3. The molecule has 10 nitrogen and oxygen atoms in total. The summed E-state index contributed by atoms with van der Waals surface area (Å²) in [6.07, 6.45) is 1.06. The molecule has 0 aromatic heterocycles. The van der Waals surface area contributed by atoms with E-state index in [1.807, 2.05) is 6.92 Å². The van der Waals surface area contributed by atoms with Gasteiger partial charge in [-0.3, -0.25) is 19.3 Å². The van der Waals surface area contributed by atoms with E-state index < -0.39 is 22.8 Å². The Morgan fingerprint density at radius 3 is 2.50 bits per heavy atom. The third-order valence-electron chi connectivity index (χ3n) is 4.34. The van der Waals surface area contributed by atoms with Crippen LogP contribution in [0.1, 0.15) is 39.7 Å². The molecule has 186 valence electrons. The number of thioether (sulfide) groups is 1. The number of hydrogen-bond acceptors (Lipinski definition) is 8. The first-order valence-corrected chi connectivity index (χ1v) is 11.7. The van der Waals surface area contributed by atoms with Crippen molar-refractivity contribution in [2.45, 2.75) is 39.7 Å². The monoisotopic (exact) mass is 493 g/mol. The van der Waals surface area contributed by atoms with Crippen LogP contribution in [0.15, 0.2) is 23.1 Å². The minimum atomic E-state index is -0.620. The van der Waals surface area contributed by atoms with Gasteiger partial charge in [0, 0.05) is 26.1 Å². The zero-order valence-corrected chi connectivity index (χ0v) is 20.9. The van der Waals surface area contributed by atoms with Crippen LogP contribution >= 0.6 is 11.8 Å². The van der Waals surface area contributed by atoms with Crippen molar-refractivity contribution < 1.29 is 33.4 Å². The van der Waals surface area contributed by atoms with E-state index in [4.69, 9.17) is 14.2 Å². The normalized spacial score (nSPS) is 14.9. The molecule has 0 aliphatic carbocycles. The molecule has 11 heteroatoms. The van der Waals surface area contributed by atoms with Crippen molar-refractivity contribution in [2.24, 2.45) is 0 Å². The Morgan fingerprint density at radius 2 is 1.85 bits per heavy atom. The molecule has 2 N–H and O–H groups in total. The molecule has 34 heavy (non-hydrogen) atoms. The van der Waals surface area contributed by atoms with Gasteiger partial charge in [0.2, 0.25) is 5.91 Å². The first-order chi connectivity index (χ1) is 16.0. The molecule has 0 saturated carbocycles. The maximum Gasteiger partial charge on any atom is 0.407 e. The summed E-state index contributed by atoms with van der Waals surface area (Å²) in [5.41, 5.74) is 0.0717. The topological polar surface area (TPSA) is 123 Å². The van der Waals surface area contributed by atoms with Crippen molar-refractivity contribution in [1.82, 2.24) is 15.5 Å². The van der Waals surface area contributed by atoms with Crippen LogP contribution in [0.4, 0.5) is 9.59 Å². The SMILES string of the molecule is CCOc1ccc(C=C2SC(=O)N(CCNC(=O)CCNC(=O)OC(C)(C)C)C2=O)cc1OC. The Morgan fingerprint density at radius 1 is 1.12 bits per heavy atom. The average Bonchev–Trinajstić information content (AvgIpc) is 3.01. The highest BCUT2D eigenvalue weighted by Gasteiger charge is 2.34. The minimum Gasteiger partial charge on any atom is -0.493 e. The molecule has 0 bridgehead atoms. The summed E-state index contributed by atoms with van der Waals surface area (Å²) >= 11 is 0.837. The summed E-state index contributed by atoms with van der Waals surface area (Å²) < 4.78 is 15.9. The quantitative estimate of drug-likeness (QED) is 0.477. The number of amides is 4. The second-order valence-electron chi connectivity index (χ2n) is 8.21. The summed E-state index contributed by atoms with van der Waals surface area (Å²) in [4.78, 5) is 49.9. The zero-order valence-electron chi connectivity index (χ0n) is 20.1. The predicted molar refractivity (Wildman–Crippen MR) is 129 cm³/mol. The Labute approximate surface area is 203 Å². The molecule has 2 rings (SSSR count). The lowest BCUT2D eigenvalue weighted by Gasteiger charge is -2.19. The summed E-state index contributed by atoms with van der Waals surface area (Å²) in [5, 5.41) is 4.72. The third kappa shape index (κ3) is 8.29. The number of nitrogens with one attached hydrogen (secondary N) is 2. The van der Waals surface area contributed by atoms with Gasteiger partial charge >= 0.3 is 6.09 Å². The van der Waals surface area contributed by atoms with Crippen molar-refractivity contribution in [3.8, 4) is 11.5 Å². The molecule has 4 amide bonds. The largest absolute Gasteiger partial charge is 0.493 e. The van der Waals surface area contributed by atoms with Crippen LogP contribution in [0.5, 0.6) is 11.5 Å². The maximum absolute atomic E-state index is 12.7. The number of carbonyl (C=O) groups is 4. The number of hydrogen-bond donors (Lipinski definition) is 2. The van der Waals surface area contributed by atoms with Crippen molar-refractivity contribution in [3.05, 3.63) is 28.7 Å². The van der Waals surface area contributed by atoms with Gasteiger partial charge in [0.15, 0.2) is 11.5 Å². The standard InChI is InChI=1S/C23H31N3O7S/c1-6-32-16-8-7-15(13-17(16)31-5)14-18-20(28)26(22(30)34-18)12-11-24-19(27)9-10-25-21(29)33-23(2,3)4/h7-8,13-14H,6,9-12H2,1-5H3,(H,24,27)(H,25,29). The van der Waals surface area contributed by atoms with Gasteiger partial charge in [0.05, 0.1) is 18.6 Å². The van der Waals surface area contributed by atoms with Gasteiger partial charge in [-0.15, -0.1) is 0 Å². The lowest BCUT2D eigenvalue weighted by atomic mass is 10.2. The van der Waals surface area contributed by atoms with Crippen LogP contribution in [-0.4, -0.2) is 67.0 Å². The summed E-state index contributed by atoms with van der Waals surface area (Å²) in [5.74, 6) is 0.370. The third-order valence-corrected chi connectivity index (χ3v) is 5.24. The first kappa shape index (κ1) is 27.0. The molecule has 1 aromatic carbocycles. The van der Waals surface area contributed by atoms with E-state index in [0.717, 1.165) is 16.7 Å². The van der Waals surface area contributed by atoms with Crippen LogP contribution in [0, 0.1) is 0 Å². The molecule has 0 spiro atoms. The van der Waals surface area contributed by atoms with E-state index in [0.29, 0.717) is 23.7 Å². The molecule has 1 saturated heterocycles. The van der Waals surface area contributed by atoms with E-state index in [9.17, 15) is 19.2 Å². The molecule has 0 atom stereocenters. The number of rotatable bonds is 10. The van der Waals surface area contributed by atoms with Gasteiger partial charge in [0.1, 0.15) is 5.60 Å². The van der Waals surface area contributed by atoms with Crippen LogP contribution in [0.2, 0.25) is 0 Å². The van der Waals surface area contributed by atoms with E-state index in [1.54, 1.807) is 45.0 Å². The summed E-state index contributed by atoms with van der Waals surface area (Å²) in [7, 11) is 1.53. The molecular weight excluding hydrogens is 462 g/mol. The van der Waals surface area contributed by atoms with Crippen LogP contribution < -0.4 is 20.1 Å². The van der Waals surface area contributed by atoms with Gasteiger partial charge in [-0.1, -0.05) is 6.07 Å². The Hall–Kier alpha value is -3.21. The van der Waals surface area contributed by atoms with Gasteiger partial charge in [-0.2, -0.15) is 0 Å². The molecule has 1 fully saturated rings. The second-order valence-corrected chi connectivity index (χ2v) is 9.20. The zero-order chi connectivity index (χ0) is 25.3. The lowest BCUT2D eigenvalue weighted by molar-refractivity contribution is -0.124. The molecule has 1 heterocycles. The van der Waals surface area contributed by atoms with Crippen LogP contribution in [-0.2, 0) is 14.3 Å². The van der Waals surface area contributed by atoms with E-state index >= 15 is 0 Å². The maximum atomic E-state index is 12.7. The number of alkyl carbamates (subject to hydrolysis) is 1. The van der Waals surface area contributed by atoms with Gasteiger partial charge in [0.25, 0.3) is 11.1 Å². The van der Waals surface area contributed by atoms with Gasteiger partial charge in [-0.05, 0) is 63.2 Å². The lowest BCUT2D eigenvalue weighted by Crippen LogP contribution is -2.39. The fraction of sp³-hybridized carbons (Fsp3) is 0.478. The number of carbonyl (C=O) groups excluding carboxylic acids is 4. The van der Waals surface area contributed by atoms with Gasteiger partial charge in [-0.25, -0.2) is 4.79 Å². The smallest absolute Gasteiger partial charge is 0.407 e. The Bertz CT molecular complexity index is 956. The average molecular weight is 494 g/mol. The number of methoxy groups -OCH3 is 1. The van der Waals surface area contributed by atoms with Crippen molar-refractivity contribution in [1.29, 1.82) is 0 Å². The highest BCUT2D eigenvalue weighted by atomic mass is 32.2. The Kier molecular flexibility index (Phi) is 9.79. The van der Waals surface area contributed by atoms with E-state index in [-0.39, 0.29) is 36.9 Å². The second kappa shape index (κ2) is 12.3. The number of nitrogens with zero attached hydrogens (tertiary/aromatic N) is 1. The van der Waals surface area contributed by atoms with Crippen LogP contribution in [0.25, 0.3) is 6.08 Å². The summed E-state index contributed by atoms with van der Waals surface area (Å²) in [6, 6.07) is 5.24. The van der Waals surface area contributed by atoms with Crippen molar-refractivity contribution >= 4 is 41.0 Å². The molecule has 0 unspecified atom stereocenters. The predicted octanol–water partition coefficient (Wildman–Crippen LogP) is 3.16. The number of benzene rings is 1. The highest BCUT2D eigenvalue weighted by molar-refractivity contribution is 8.18. The van der Waals surface area contributed by atoms with E-state index in [1.165, 1.54) is 7.11 Å². The number of imide groups is 1. The summed E-state index contributed by atoms with van der Waals surface area (Å²) in [6.45, 7) is 7.85. The molecule has 1 aliphatic heterocycles. The van der Waals surface area contributed by atoms with Crippen LogP contribution in [0.3, 0.4) is 0 Å². The fourth-order valence-corrected chi connectivity index (χ4v) is 3.75. The molecular formula is C23H31N3O7S. The Balaban J connectivity index is 1.84. The highest BCUT2D eigenvalue weighted by Crippen LogP contribution is 2.34. The van der Waals surface area contributed by atoms with Gasteiger partial charge < -0.3 is 24.8 Å². The van der Waals surface area contributed by atoms with Crippen molar-refractivity contribution in [3.63, 3.8) is 0 Å².